The van der Waals surface area contributed by atoms with Gasteiger partial charge in [-0.25, -0.2) is 0 Å². The number of methoxy groups -OCH3 is 2. The van der Waals surface area contributed by atoms with Crippen LogP contribution >= 0.6 is 0 Å². The minimum absolute atomic E-state index is 0.860. The second-order valence-corrected chi connectivity index (χ2v) is 4.70. The summed E-state index contributed by atoms with van der Waals surface area (Å²) in [6.07, 6.45) is 9.06. The summed E-state index contributed by atoms with van der Waals surface area (Å²) in [6, 6.07) is 6.09. The van der Waals surface area contributed by atoms with Crippen LogP contribution in [0.4, 0.5) is 0 Å². The van der Waals surface area contributed by atoms with E-state index < -0.39 is 0 Å². The molecule has 0 aliphatic carbocycles. The zero-order chi connectivity index (χ0) is 13.2. The second-order valence-electron chi connectivity index (χ2n) is 4.70. The third-order valence-electron chi connectivity index (χ3n) is 3.29. The van der Waals surface area contributed by atoms with E-state index in [2.05, 4.69) is 13.0 Å². The van der Waals surface area contributed by atoms with E-state index >= 15 is 0 Å². The summed E-state index contributed by atoms with van der Waals surface area (Å²) >= 11 is 0. The van der Waals surface area contributed by atoms with Gasteiger partial charge in [0.2, 0.25) is 0 Å². The molecule has 2 nitrogen and oxygen atoms in total. The van der Waals surface area contributed by atoms with Gasteiger partial charge in [-0.3, -0.25) is 0 Å². The molecule has 0 aliphatic heterocycles. The first-order valence-electron chi connectivity index (χ1n) is 7.02. The SMILES string of the molecule is CCCCCCCCc1ccc(OC)cc1OC. The fraction of sp³-hybridized carbons (Fsp3) is 0.625. The van der Waals surface area contributed by atoms with Gasteiger partial charge >= 0.3 is 0 Å². The summed E-state index contributed by atoms with van der Waals surface area (Å²) < 4.78 is 10.6. The summed E-state index contributed by atoms with van der Waals surface area (Å²) in [5.74, 6) is 1.81. The maximum absolute atomic E-state index is 5.40. The molecule has 2 heteroatoms. The van der Waals surface area contributed by atoms with Gasteiger partial charge in [0.1, 0.15) is 11.5 Å². The Bertz CT molecular complexity index is 334. The van der Waals surface area contributed by atoms with Crippen molar-refractivity contribution in [3.05, 3.63) is 23.8 Å². The Morgan fingerprint density at radius 2 is 1.61 bits per heavy atom. The van der Waals surface area contributed by atoms with Crippen LogP contribution in [0.5, 0.6) is 11.5 Å². The van der Waals surface area contributed by atoms with Gasteiger partial charge in [0.15, 0.2) is 0 Å². The van der Waals surface area contributed by atoms with Gasteiger partial charge < -0.3 is 9.47 Å². The van der Waals surface area contributed by atoms with E-state index in [9.17, 15) is 0 Å². The van der Waals surface area contributed by atoms with Gasteiger partial charge in [0.25, 0.3) is 0 Å². The highest BCUT2D eigenvalue weighted by Gasteiger charge is 2.04. The van der Waals surface area contributed by atoms with E-state index in [1.165, 1.54) is 44.1 Å². The summed E-state index contributed by atoms with van der Waals surface area (Å²) in [5, 5.41) is 0. The van der Waals surface area contributed by atoms with E-state index in [1.54, 1.807) is 14.2 Å². The van der Waals surface area contributed by atoms with Gasteiger partial charge in [-0.15, -0.1) is 0 Å². The van der Waals surface area contributed by atoms with Crippen molar-refractivity contribution in [2.24, 2.45) is 0 Å². The van der Waals surface area contributed by atoms with Crippen LogP contribution in [0.25, 0.3) is 0 Å². The summed E-state index contributed by atoms with van der Waals surface area (Å²) in [6.45, 7) is 2.25. The van der Waals surface area contributed by atoms with Crippen LogP contribution in [0, 0.1) is 0 Å². The molecule has 1 aromatic rings. The molecular formula is C16H26O2. The lowest BCUT2D eigenvalue weighted by atomic mass is 10.0. The van der Waals surface area contributed by atoms with Crippen molar-refractivity contribution >= 4 is 0 Å². The molecule has 0 N–H and O–H groups in total. The molecule has 1 aromatic carbocycles. The van der Waals surface area contributed by atoms with Gasteiger partial charge in [-0.2, -0.15) is 0 Å². The Balaban J connectivity index is 2.37. The van der Waals surface area contributed by atoms with Crippen LogP contribution in [-0.2, 0) is 6.42 Å². The van der Waals surface area contributed by atoms with E-state index in [0.29, 0.717) is 0 Å². The molecule has 0 radical (unpaired) electrons. The molecule has 18 heavy (non-hydrogen) atoms. The van der Waals surface area contributed by atoms with E-state index in [4.69, 9.17) is 9.47 Å². The number of benzene rings is 1. The largest absolute Gasteiger partial charge is 0.497 e. The minimum atomic E-state index is 0.860. The molecule has 1 rings (SSSR count). The first-order valence-corrected chi connectivity index (χ1v) is 7.02. The number of rotatable bonds is 9. The van der Waals surface area contributed by atoms with Crippen molar-refractivity contribution in [2.45, 2.75) is 51.9 Å². The van der Waals surface area contributed by atoms with Crippen LogP contribution in [0.2, 0.25) is 0 Å². The lowest BCUT2D eigenvalue weighted by Crippen LogP contribution is -1.94. The third kappa shape index (κ3) is 4.99. The summed E-state index contributed by atoms with van der Waals surface area (Å²) in [7, 11) is 3.40. The molecule has 0 unspecified atom stereocenters. The van der Waals surface area contributed by atoms with Crippen molar-refractivity contribution in [2.75, 3.05) is 14.2 Å². The van der Waals surface area contributed by atoms with Crippen molar-refractivity contribution in [3.63, 3.8) is 0 Å². The molecular weight excluding hydrogens is 224 g/mol. The number of unbranched alkanes of at least 4 members (excludes halogenated alkanes) is 5. The predicted octanol–water partition coefficient (Wildman–Crippen LogP) is 4.61. The van der Waals surface area contributed by atoms with Crippen LogP contribution in [0.1, 0.15) is 51.0 Å². The Morgan fingerprint density at radius 1 is 0.889 bits per heavy atom. The highest BCUT2D eigenvalue weighted by atomic mass is 16.5. The molecule has 102 valence electrons. The topological polar surface area (TPSA) is 18.5 Å². The second kappa shape index (κ2) is 8.84. The van der Waals surface area contributed by atoms with Crippen LogP contribution in [0.3, 0.4) is 0 Å². The lowest BCUT2D eigenvalue weighted by molar-refractivity contribution is 0.390. The molecule has 0 aliphatic rings. The number of aryl methyl sites for hydroxylation is 1. The van der Waals surface area contributed by atoms with E-state index in [1.807, 2.05) is 12.1 Å². The van der Waals surface area contributed by atoms with Crippen LogP contribution in [0.15, 0.2) is 18.2 Å². The van der Waals surface area contributed by atoms with Gasteiger partial charge in [-0.05, 0) is 24.5 Å². The monoisotopic (exact) mass is 250 g/mol. The quantitative estimate of drug-likeness (QED) is 0.596. The zero-order valence-corrected chi connectivity index (χ0v) is 12.0. The molecule has 0 saturated carbocycles. The highest BCUT2D eigenvalue weighted by molar-refractivity contribution is 5.40. The highest BCUT2D eigenvalue weighted by Crippen LogP contribution is 2.26. The smallest absolute Gasteiger partial charge is 0.125 e. The fourth-order valence-corrected chi connectivity index (χ4v) is 2.15. The van der Waals surface area contributed by atoms with Crippen molar-refractivity contribution in [1.29, 1.82) is 0 Å². The molecule has 0 fully saturated rings. The maximum Gasteiger partial charge on any atom is 0.125 e. The van der Waals surface area contributed by atoms with E-state index in [0.717, 1.165) is 17.9 Å². The minimum Gasteiger partial charge on any atom is -0.497 e. The molecule has 0 heterocycles. The summed E-state index contributed by atoms with van der Waals surface area (Å²) in [4.78, 5) is 0. The Hall–Kier alpha value is -1.18. The first kappa shape index (κ1) is 14.9. The van der Waals surface area contributed by atoms with Crippen molar-refractivity contribution in [3.8, 4) is 11.5 Å². The van der Waals surface area contributed by atoms with Crippen LogP contribution < -0.4 is 9.47 Å². The third-order valence-corrected chi connectivity index (χ3v) is 3.29. The molecule has 0 bridgehead atoms. The summed E-state index contributed by atoms with van der Waals surface area (Å²) in [5.41, 5.74) is 1.29. The van der Waals surface area contributed by atoms with Gasteiger partial charge in [-0.1, -0.05) is 45.1 Å². The molecule has 0 saturated heterocycles. The zero-order valence-electron chi connectivity index (χ0n) is 12.0. The number of hydrogen-bond donors (Lipinski definition) is 0. The first-order chi connectivity index (χ1) is 8.81. The molecule has 0 spiro atoms. The maximum atomic E-state index is 5.40. The molecule has 0 amide bonds. The van der Waals surface area contributed by atoms with Gasteiger partial charge in [0, 0.05) is 6.07 Å². The van der Waals surface area contributed by atoms with Crippen molar-refractivity contribution in [1.82, 2.24) is 0 Å². The Labute approximate surface area is 111 Å². The fourth-order valence-electron chi connectivity index (χ4n) is 2.15. The average molecular weight is 250 g/mol. The standard InChI is InChI=1S/C16H26O2/c1-4-5-6-7-8-9-10-14-11-12-15(17-2)13-16(14)18-3/h11-13H,4-10H2,1-3H3. The molecule has 0 atom stereocenters. The van der Waals surface area contributed by atoms with E-state index in [-0.39, 0.29) is 0 Å². The van der Waals surface area contributed by atoms with Crippen LogP contribution in [-0.4, -0.2) is 14.2 Å². The molecule has 0 aromatic heterocycles. The Kier molecular flexibility index (Phi) is 7.31. The van der Waals surface area contributed by atoms with Gasteiger partial charge in [0.05, 0.1) is 14.2 Å². The number of hydrogen-bond acceptors (Lipinski definition) is 2. The lowest BCUT2D eigenvalue weighted by Gasteiger charge is -2.10. The normalized spacial score (nSPS) is 10.4. The average Bonchev–Trinajstić information content (AvgIpc) is 2.42. The van der Waals surface area contributed by atoms with Crippen molar-refractivity contribution < 1.29 is 9.47 Å². The predicted molar refractivity (Wildman–Crippen MR) is 76.6 cm³/mol. The number of ether oxygens (including phenoxy) is 2. The Morgan fingerprint density at radius 3 is 2.28 bits per heavy atom.